The van der Waals surface area contributed by atoms with Gasteiger partial charge in [-0.1, -0.05) is 62.2 Å². The van der Waals surface area contributed by atoms with Crippen LogP contribution in [0, 0.1) is 5.41 Å². The number of rotatable bonds is 5. The number of nitrogens with one attached hydrogen (secondary N) is 1. The minimum absolute atomic E-state index is 0.714. The number of nitrogens with two attached hydrogens (primary N) is 1. The summed E-state index contributed by atoms with van der Waals surface area (Å²) in [5.74, 6) is 0. The lowest BCUT2D eigenvalue weighted by Crippen LogP contribution is -1.94. The van der Waals surface area contributed by atoms with Gasteiger partial charge in [-0.2, -0.15) is 0 Å². The van der Waals surface area contributed by atoms with Crippen molar-refractivity contribution in [1.82, 2.24) is 0 Å². The van der Waals surface area contributed by atoms with E-state index in [1.807, 2.05) is 54.6 Å². The molecular weight excluding hydrogens is 368 g/mol. The second-order valence-corrected chi connectivity index (χ2v) is 5.42. The maximum atomic E-state index is 6.90. The van der Waals surface area contributed by atoms with Crippen LogP contribution in [0.1, 0.15) is 5.56 Å². The SMILES string of the molecule is N=C\C=C(Br)/C=C\C=C\C=C(/N)c1ccc(Br)cc1. The Bertz CT molecular complexity index is 538. The zero-order valence-electron chi connectivity index (χ0n) is 10.2. The van der Waals surface area contributed by atoms with Crippen molar-refractivity contribution in [2.75, 3.05) is 0 Å². The molecule has 0 bridgehead atoms. The third-order valence-electron chi connectivity index (χ3n) is 2.17. The van der Waals surface area contributed by atoms with E-state index in [0.717, 1.165) is 14.5 Å². The minimum Gasteiger partial charge on any atom is -0.398 e. The van der Waals surface area contributed by atoms with Gasteiger partial charge < -0.3 is 11.1 Å². The van der Waals surface area contributed by atoms with Gasteiger partial charge in [0.1, 0.15) is 0 Å². The van der Waals surface area contributed by atoms with Crippen LogP contribution in [0.3, 0.4) is 0 Å². The van der Waals surface area contributed by atoms with E-state index in [2.05, 4.69) is 31.9 Å². The van der Waals surface area contributed by atoms with Crippen LogP contribution in [-0.2, 0) is 0 Å². The van der Waals surface area contributed by atoms with E-state index < -0.39 is 0 Å². The lowest BCUT2D eigenvalue weighted by molar-refractivity contribution is 1.50. The van der Waals surface area contributed by atoms with Crippen LogP contribution in [-0.4, -0.2) is 6.21 Å². The van der Waals surface area contributed by atoms with Crippen LogP contribution in [0.5, 0.6) is 0 Å². The Kier molecular flexibility index (Phi) is 7.15. The molecule has 1 aromatic carbocycles. The molecule has 98 valence electrons. The molecule has 0 aromatic heterocycles. The molecule has 0 radical (unpaired) electrons. The molecule has 1 aromatic rings. The molecule has 0 aliphatic carbocycles. The molecule has 0 saturated heterocycles. The summed E-state index contributed by atoms with van der Waals surface area (Å²) in [5.41, 5.74) is 7.66. The van der Waals surface area contributed by atoms with E-state index in [0.29, 0.717) is 5.70 Å². The number of hydrogen-bond donors (Lipinski definition) is 2. The highest BCUT2D eigenvalue weighted by molar-refractivity contribution is 9.12. The third-order valence-corrected chi connectivity index (χ3v) is 3.23. The first-order chi connectivity index (χ1) is 9.13. The van der Waals surface area contributed by atoms with Crippen LogP contribution in [0.25, 0.3) is 5.70 Å². The molecule has 0 unspecified atom stereocenters. The van der Waals surface area contributed by atoms with Gasteiger partial charge in [-0.25, -0.2) is 0 Å². The molecule has 0 heterocycles. The van der Waals surface area contributed by atoms with Gasteiger partial charge >= 0.3 is 0 Å². The lowest BCUT2D eigenvalue weighted by Gasteiger charge is -1.99. The van der Waals surface area contributed by atoms with Gasteiger partial charge in [0.05, 0.1) is 0 Å². The predicted octanol–water partition coefficient (Wildman–Crippen LogP) is 4.79. The Morgan fingerprint density at radius 3 is 2.37 bits per heavy atom. The highest BCUT2D eigenvalue weighted by Gasteiger charge is 1.93. The molecule has 4 heteroatoms. The Labute approximate surface area is 130 Å². The lowest BCUT2D eigenvalue weighted by atomic mass is 10.1. The quantitative estimate of drug-likeness (QED) is 0.559. The van der Waals surface area contributed by atoms with E-state index in [4.69, 9.17) is 11.1 Å². The van der Waals surface area contributed by atoms with Crippen LogP contribution in [0.15, 0.2) is 69.7 Å². The molecule has 0 saturated carbocycles. The minimum atomic E-state index is 0.714. The summed E-state index contributed by atoms with van der Waals surface area (Å²) in [5, 5.41) is 6.90. The molecule has 2 nitrogen and oxygen atoms in total. The normalized spacial score (nSPS) is 13.4. The second-order valence-electron chi connectivity index (χ2n) is 3.59. The van der Waals surface area contributed by atoms with Crippen LogP contribution < -0.4 is 5.73 Å². The molecule has 19 heavy (non-hydrogen) atoms. The highest BCUT2D eigenvalue weighted by Crippen LogP contribution is 2.14. The van der Waals surface area contributed by atoms with Crippen molar-refractivity contribution in [1.29, 1.82) is 5.41 Å². The average molecular weight is 382 g/mol. The number of hydrogen-bond acceptors (Lipinski definition) is 2. The molecular formula is C15H14Br2N2. The molecule has 0 aliphatic heterocycles. The Morgan fingerprint density at radius 1 is 1.05 bits per heavy atom. The molecule has 3 N–H and O–H groups in total. The van der Waals surface area contributed by atoms with E-state index in [9.17, 15) is 0 Å². The second kappa shape index (κ2) is 8.67. The highest BCUT2D eigenvalue weighted by atomic mass is 79.9. The number of benzene rings is 1. The molecule has 0 spiro atoms. The maximum Gasteiger partial charge on any atom is 0.0387 e. The Balaban J connectivity index is 2.63. The summed E-state index contributed by atoms with van der Waals surface area (Å²) in [6, 6.07) is 7.84. The Morgan fingerprint density at radius 2 is 1.74 bits per heavy atom. The van der Waals surface area contributed by atoms with Gasteiger partial charge in [0.25, 0.3) is 0 Å². The topological polar surface area (TPSA) is 49.9 Å². The van der Waals surface area contributed by atoms with Crippen LogP contribution >= 0.6 is 31.9 Å². The van der Waals surface area contributed by atoms with Gasteiger partial charge in [-0.15, -0.1) is 0 Å². The van der Waals surface area contributed by atoms with Crippen molar-refractivity contribution in [3.8, 4) is 0 Å². The van der Waals surface area contributed by atoms with E-state index in [1.165, 1.54) is 6.21 Å². The van der Waals surface area contributed by atoms with Crippen molar-refractivity contribution in [2.45, 2.75) is 0 Å². The summed E-state index contributed by atoms with van der Waals surface area (Å²) in [6.07, 6.45) is 12.2. The third kappa shape index (κ3) is 6.36. The molecule has 0 aliphatic rings. The maximum absolute atomic E-state index is 6.90. The summed E-state index contributed by atoms with van der Waals surface area (Å²) in [4.78, 5) is 0. The Hall–Kier alpha value is -1.39. The molecule has 0 fully saturated rings. The predicted molar refractivity (Wildman–Crippen MR) is 90.4 cm³/mol. The van der Waals surface area contributed by atoms with Gasteiger partial charge in [-0.05, 0) is 35.9 Å². The first kappa shape index (κ1) is 15.7. The monoisotopic (exact) mass is 380 g/mol. The summed E-state index contributed by atoms with van der Waals surface area (Å²) < 4.78 is 1.88. The van der Waals surface area contributed by atoms with Gasteiger partial charge in [0, 0.05) is 20.9 Å². The first-order valence-corrected chi connectivity index (χ1v) is 7.15. The molecule has 0 atom stereocenters. The summed E-state index contributed by atoms with van der Waals surface area (Å²) in [6.45, 7) is 0. The fourth-order valence-corrected chi connectivity index (χ4v) is 1.79. The largest absolute Gasteiger partial charge is 0.398 e. The fourth-order valence-electron chi connectivity index (χ4n) is 1.24. The van der Waals surface area contributed by atoms with Crippen molar-refractivity contribution >= 4 is 43.8 Å². The number of allylic oxidation sites excluding steroid dienone is 7. The zero-order valence-corrected chi connectivity index (χ0v) is 13.4. The van der Waals surface area contributed by atoms with Gasteiger partial charge in [-0.3, -0.25) is 0 Å². The van der Waals surface area contributed by atoms with Crippen molar-refractivity contribution in [3.63, 3.8) is 0 Å². The van der Waals surface area contributed by atoms with Crippen molar-refractivity contribution in [2.24, 2.45) is 5.73 Å². The number of halogens is 2. The first-order valence-electron chi connectivity index (χ1n) is 5.56. The standard InChI is InChI=1S/C15H14Br2N2/c16-13(10-11-18)4-2-1-3-5-15(19)12-6-8-14(17)9-7-12/h1-11,18H,19H2/b3-1+,4-2-,13-10+,15-5-,18-11?. The van der Waals surface area contributed by atoms with Crippen LogP contribution in [0.4, 0.5) is 0 Å². The molecule has 1 rings (SSSR count). The van der Waals surface area contributed by atoms with Gasteiger partial charge in [0.2, 0.25) is 0 Å². The summed E-state index contributed by atoms with van der Waals surface area (Å²) in [7, 11) is 0. The van der Waals surface area contributed by atoms with Gasteiger partial charge in [0.15, 0.2) is 0 Å². The smallest absolute Gasteiger partial charge is 0.0387 e. The van der Waals surface area contributed by atoms with E-state index in [1.54, 1.807) is 6.08 Å². The fraction of sp³-hybridized carbons (Fsp3) is 0. The van der Waals surface area contributed by atoms with E-state index >= 15 is 0 Å². The van der Waals surface area contributed by atoms with Crippen molar-refractivity contribution in [3.05, 3.63) is 75.2 Å². The van der Waals surface area contributed by atoms with Crippen LogP contribution in [0.2, 0.25) is 0 Å². The summed E-state index contributed by atoms with van der Waals surface area (Å²) >= 11 is 6.69. The molecule has 0 amide bonds. The zero-order chi connectivity index (χ0) is 14.1. The van der Waals surface area contributed by atoms with E-state index in [-0.39, 0.29) is 0 Å². The average Bonchev–Trinajstić information content (AvgIpc) is 2.39. The van der Waals surface area contributed by atoms with Crippen molar-refractivity contribution < 1.29 is 0 Å².